The van der Waals surface area contributed by atoms with Crippen molar-refractivity contribution in [2.45, 2.75) is 203 Å². The number of aliphatic hydroxyl groups is 7. The second-order valence-corrected chi connectivity index (χ2v) is 21.3. The first-order valence-electron chi connectivity index (χ1n) is 27.3. The number of hydrogen-bond acceptors (Lipinski definition) is 18. The van der Waals surface area contributed by atoms with Crippen molar-refractivity contribution in [3.8, 4) is 5.75 Å². The van der Waals surface area contributed by atoms with Crippen LogP contribution in [0.25, 0.3) is 0 Å². The number of aliphatic hydroxyl groups excluding tert-OH is 7. The average molecular weight is 1090 g/mol. The second kappa shape index (κ2) is 31.5. The monoisotopic (exact) mass is 1090 g/mol. The second-order valence-electron chi connectivity index (χ2n) is 21.3. The number of fused-ring (bicyclic) bond motifs is 2. The Morgan fingerprint density at radius 2 is 1.34 bits per heavy atom. The maximum atomic E-state index is 14.6. The molecule has 3 heterocycles. The molecule has 16 atom stereocenters. The largest absolute Gasteiger partial charge is 0.508 e. The third-order valence-electron chi connectivity index (χ3n) is 14.9. The first-order valence-corrected chi connectivity index (χ1v) is 27.3. The molecule has 3 aliphatic rings. The summed E-state index contributed by atoms with van der Waals surface area (Å²) in [4.78, 5) is 102. The van der Waals surface area contributed by atoms with Crippen LogP contribution in [0.2, 0.25) is 0 Å². The van der Waals surface area contributed by atoms with Gasteiger partial charge in [0.15, 0.2) is 0 Å². The van der Waals surface area contributed by atoms with Gasteiger partial charge >= 0.3 is 0 Å². The highest BCUT2D eigenvalue weighted by Gasteiger charge is 2.49. The fourth-order valence-corrected chi connectivity index (χ4v) is 10.2. The minimum Gasteiger partial charge on any atom is -0.508 e. The zero-order valence-electron chi connectivity index (χ0n) is 45.0. The van der Waals surface area contributed by atoms with E-state index in [0.717, 1.165) is 55.2 Å². The molecule has 0 saturated carbocycles. The molecule has 3 fully saturated rings. The highest BCUT2D eigenvalue weighted by atomic mass is 16.3. The van der Waals surface area contributed by atoms with E-state index >= 15 is 0 Å². The van der Waals surface area contributed by atoms with E-state index in [1.54, 1.807) is 0 Å². The van der Waals surface area contributed by atoms with Crippen LogP contribution in [0.15, 0.2) is 24.3 Å². The average Bonchev–Trinajstić information content (AvgIpc) is 3.99. The van der Waals surface area contributed by atoms with Gasteiger partial charge in [0.2, 0.25) is 41.4 Å². The van der Waals surface area contributed by atoms with Gasteiger partial charge in [-0.25, -0.2) is 0 Å². The summed E-state index contributed by atoms with van der Waals surface area (Å²) in [5.74, 6) is -6.43. The van der Waals surface area contributed by atoms with Crippen molar-refractivity contribution in [2.24, 2.45) is 23.3 Å². The Hall–Kier alpha value is -5.09. The molecule has 3 unspecified atom stereocenters. The fourth-order valence-electron chi connectivity index (χ4n) is 10.2. The number of amides is 7. The van der Waals surface area contributed by atoms with E-state index in [1.807, 2.05) is 0 Å². The number of nitrogens with one attached hydrogen (secondary N) is 6. The Balaban J connectivity index is 1.73. The van der Waals surface area contributed by atoms with Crippen LogP contribution in [0.1, 0.15) is 129 Å². The number of carbonyl (C=O) groups is 7. The zero-order chi connectivity index (χ0) is 57.1. The van der Waals surface area contributed by atoms with Crippen LogP contribution >= 0.6 is 0 Å². The van der Waals surface area contributed by atoms with E-state index in [4.69, 9.17) is 11.5 Å². The summed E-state index contributed by atoms with van der Waals surface area (Å²) in [6, 6.07) is -6.40. The van der Waals surface area contributed by atoms with Crippen molar-refractivity contribution in [1.29, 1.82) is 0 Å². The van der Waals surface area contributed by atoms with E-state index in [0.29, 0.717) is 24.7 Å². The summed E-state index contributed by atoms with van der Waals surface area (Å²) < 4.78 is 0. The Bertz CT molecular complexity index is 2070. The summed E-state index contributed by atoms with van der Waals surface area (Å²) in [6.07, 6.45) is -6.95. The lowest BCUT2D eigenvalue weighted by atomic mass is 9.91. The first-order chi connectivity index (χ1) is 36.5. The molecule has 436 valence electrons. The van der Waals surface area contributed by atoms with Crippen LogP contribution in [0.4, 0.5) is 0 Å². The van der Waals surface area contributed by atoms with Gasteiger partial charge in [0.05, 0.1) is 30.5 Å². The maximum Gasteiger partial charge on any atom is 0.248 e. The van der Waals surface area contributed by atoms with Gasteiger partial charge in [-0.2, -0.15) is 0 Å². The molecule has 3 aliphatic heterocycles. The topological polar surface area (TPSA) is 412 Å². The Labute approximate surface area is 450 Å². The lowest BCUT2D eigenvalue weighted by Crippen LogP contribution is -2.65. The van der Waals surface area contributed by atoms with Crippen molar-refractivity contribution < 1.29 is 74.4 Å². The van der Waals surface area contributed by atoms with Crippen LogP contribution in [-0.4, -0.2) is 204 Å². The molecule has 3 saturated heterocycles. The summed E-state index contributed by atoms with van der Waals surface area (Å²) >= 11 is 0. The van der Waals surface area contributed by atoms with Gasteiger partial charge in [-0.15, -0.1) is 0 Å². The predicted molar refractivity (Wildman–Crippen MR) is 280 cm³/mol. The van der Waals surface area contributed by atoms with Crippen molar-refractivity contribution in [3.63, 3.8) is 0 Å². The molecule has 4 rings (SSSR count). The summed E-state index contributed by atoms with van der Waals surface area (Å²) in [7, 11) is 0. The quantitative estimate of drug-likeness (QED) is 0.0477. The molecule has 25 heteroatoms. The molecule has 0 bridgehead atoms. The lowest BCUT2D eigenvalue weighted by Gasteiger charge is -2.35. The normalized spacial score (nSPS) is 28.6. The third kappa shape index (κ3) is 18.8. The number of phenolic OH excluding ortho intramolecular Hbond substituents is 1. The summed E-state index contributed by atoms with van der Waals surface area (Å²) in [5, 5.41) is 104. The van der Waals surface area contributed by atoms with E-state index < -0.39 is 146 Å². The van der Waals surface area contributed by atoms with Crippen molar-refractivity contribution in [2.75, 3.05) is 32.7 Å². The number of nitrogens with two attached hydrogens (primary N) is 2. The van der Waals surface area contributed by atoms with Crippen molar-refractivity contribution in [3.05, 3.63) is 29.8 Å². The van der Waals surface area contributed by atoms with E-state index in [1.165, 1.54) is 30.7 Å². The summed E-state index contributed by atoms with van der Waals surface area (Å²) in [5.41, 5.74) is 11.5. The molecule has 77 heavy (non-hydrogen) atoms. The van der Waals surface area contributed by atoms with Gasteiger partial charge in [0.25, 0.3) is 0 Å². The van der Waals surface area contributed by atoms with Crippen LogP contribution in [0.5, 0.6) is 5.75 Å². The fraction of sp³-hybridized carbons (Fsp3) is 0.750. The molecule has 0 aromatic heterocycles. The number of unbranched alkanes of at least 4 members (excludes halogenated alkanes) is 5. The van der Waals surface area contributed by atoms with E-state index in [9.17, 15) is 74.4 Å². The molecule has 25 nitrogen and oxygen atoms in total. The predicted octanol–water partition coefficient (Wildman–Crippen LogP) is -3.31. The third-order valence-corrected chi connectivity index (χ3v) is 14.9. The lowest BCUT2D eigenvalue weighted by molar-refractivity contribution is -0.148. The number of nitrogens with zero attached hydrogens (tertiary/aromatic N) is 2. The highest BCUT2D eigenvalue weighted by Crippen LogP contribution is 2.27. The standard InChI is InChI=1S/C52H88N10O15/c1-5-28(2)24-29(3)12-10-8-6-7-9-11-13-39(69)56-34-26-38(68)46(55-22-21-54)60-50(75)43-37(67)19-23-61(43)52(77)41(36(66)18-20-53)58-49(74)42(45(71)44(70)31-14-16-32(64)17-15-31)59-48(73)35-25-33(65)27-62(35)51(76)40(30(4)63)57-47(34)72/h14-17,28-30,33-38,40-46,55,63-68,70-71H,5-13,18-27,53-54H2,1-4H3,(H,56,69)(H,57,72)(H,58,74)(H,59,73)(H,60,75)/t28-,29+,30+,33+,34-,35-,36+,37-,38+,40-,41?,42?,43?,44-,45-,46-/m0/s1. The summed E-state index contributed by atoms with van der Waals surface area (Å²) in [6.45, 7) is 6.73. The van der Waals surface area contributed by atoms with Crippen molar-refractivity contribution in [1.82, 2.24) is 41.7 Å². The Morgan fingerprint density at radius 3 is 1.97 bits per heavy atom. The SMILES string of the molecule is CC[C@H](C)C[C@H](C)CCCCCCCCC(=O)N[C@H]1C[C@@H](O)[C@@H](NCCN)NC(=O)C2[C@@H](O)CCN2C(=O)C([C@H](O)CCN)NC(=O)C([C@H](O)[C@@H](O)c2ccc(O)cc2)NC(=O)[C@@H]2C[C@@H](O)CN2C(=O)[C@H]([C@@H](C)O)NC1=O. The number of rotatable bonds is 23. The smallest absolute Gasteiger partial charge is 0.248 e. The molecule has 0 radical (unpaired) electrons. The van der Waals surface area contributed by atoms with Crippen LogP contribution in [0, 0.1) is 11.8 Å². The maximum absolute atomic E-state index is 14.6. The Morgan fingerprint density at radius 1 is 0.714 bits per heavy atom. The minimum atomic E-state index is -2.28. The van der Waals surface area contributed by atoms with E-state index in [-0.39, 0.29) is 56.8 Å². The van der Waals surface area contributed by atoms with Gasteiger partial charge in [0, 0.05) is 45.4 Å². The van der Waals surface area contributed by atoms with Crippen LogP contribution in [-0.2, 0) is 33.6 Å². The molecule has 1 aromatic rings. The van der Waals surface area contributed by atoms with Gasteiger partial charge in [0.1, 0.15) is 60.4 Å². The Kier molecular flexibility index (Phi) is 26.4. The minimum absolute atomic E-state index is 0.0257. The van der Waals surface area contributed by atoms with Crippen molar-refractivity contribution >= 4 is 41.4 Å². The molecular weight excluding hydrogens is 1000 g/mol. The number of aromatic hydroxyl groups is 1. The molecule has 0 spiro atoms. The number of benzene rings is 1. The van der Waals surface area contributed by atoms with Crippen LogP contribution < -0.4 is 43.4 Å². The molecule has 0 aliphatic carbocycles. The molecule has 1 aromatic carbocycles. The highest BCUT2D eigenvalue weighted by molar-refractivity contribution is 5.98. The number of carbonyl (C=O) groups excluding carboxylic acids is 7. The van der Waals surface area contributed by atoms with Gasteiger partial charge in [-0.3, -0.25) is 38.9 Å². The molecule has 7 amide bonds. The van der Waals surface area contributed by atoms with Gasteiger partial charge in [-0.1, -0.05) is 77.8 Å². The van der Waals surface area contributed by atoms with Crippen LogP contribution in [0.3, 0.4) is 0 Å². The zero-order valence-corrected chi connectivity index (χ0v) is 45.0. The van der Waals surface area contributed by atoms with Gasteiger partial charge in [-0.05, 0) is 68.7 Å². The van der Waals surface area contributed by atoms with E-state index in [2.05, 4.69) is 52.7 Å². The number of phenols is 1. The first kappa shape index (κ1) is 64.4. The van der Waals surface area contributed by atoms with Gasteiger partial charge < -0.3 is 88.7 Å². The number of hydrogen-bond donors (Lipinski definition) is 16. The molecular formula is C52H88N10O15. The molecule has 18 N–H and O–H groups in total.